The van der Waals surface area contributed by atoms with E-state index in [9.17, 15) is 0 Å². The molecular formula is C18H29N3. The summed E-state index contributed by atoms with van der Waals surface area (Å²) in [6.45, 7) is 15.1. The monoisotopic (exact) mass is 287 g/mol. The van der Waals surface area contributed by atoms with Crippen LogP contribution < -0.4 is 10.2 Å². The van der Waals surface area contributed by atoms with E-state index >= 15 is 0 Å². The molecule has 0 aromatic carbocycles. The molecule has 116 valence electrons. The predicted molar refractivity (Wildman–Crippen MR) is 90.7 cm³/mol. The Kier molecular flexibility index (Phi) is 5.04. The van der Waals surface area contributed by atoms with Crippen LogP contribution in [-0.2, 0) is 6.54 Å². The van der Waals surface area contributed by atoms with Crippen molar-refractivity contribution in [2.24, 2.45) is 5.41 Å². The number of aromatic nitrogens is 1. The van der Waals surface area contributed by atoms with Crippen LogP contribution in [0.25, 0.3) is 0 Å². The van der Waals surface area contributed by atoms with Gasteiger partial charge in [-0.25, -0.2) is 4.98 Å². The lowest BCUT2D eigenvalue weighted by Gasteiger charge is -2.33. The Bertz CT molecular complexity index is 512. The average Bonchev–Trinajstić information content (AvgIpc) is 2.45. The zero-order valence-electron chi connectivity index (χ0n) is 14.2. The number of hydrogen-bond acceptors (Lipinski definition) is 3. The standard InChI is InChI=1S/C18H29N3/c1-6-19-13-15-7-8-17(20-14(15)2)21-11-9-16(10-12-21)18(3,4)5/h7-9,19H,6,10-13H2,1-5H3. The van der Waals surface area contributed by atoms with Crippen LogP contribution in [0.4, 0.5) is 5.82 Å². The molecule has 1 aliphatic heterocycles. The van der Waals surface area contributed by atoms with Crippen molar-refractivity contribution in [2.45, 2.75) is 47.6 Å². The topological polar surface area (TPSA) is 28.2 Å². The number of hydrogen-bond donors (Lipinski definition) is 1. The highest BCUT2D eigenvalue weighted by Crippen LogP contribution is 2.31. The number of pyridine rings is 1. The second-order valence-corrected chi connectivity index (χ2v) is 6.87. The van der Waals surface area contributed by atoms with E-state index in [0.717, 1.165) is 44.1 Å². The largest absolute Gasteiger partial charge is 0.353 e. The van der Waals surface area contributed by atoms with Crippen molar-refractivity contribution in [1.82, 2.24) is 10.3 Å². The van der Waals surface area contributed by atoms with Crippen LogP contribution in [0.2, 0.25) is 0 Å². The predicted octanol–water partition coefficient (Wildman–Crippen LogP) is 3.68. The molecule has 0 saturated carbocycles. The first-order valence-corrected chi connectivity index (χ1v) is 8.03. The lowest BCUT2D eigenvalue weighted by molar-refractivity contribution is 0.472. The highest BCUT2D eigenvalue weighted by atomic mass is 15.2. The van der Waals surface area contributed by atoms with E-state index in [2.05, 4.69) is 63.0 Å². The Morgan fingerprint density at radius 1 is 1.29 bits per heavy atom. The van der Waals surface area contributed by atoms with E-state index in [-0.39, 0.29) is 0 Å². The molecule has 1 aliphatic rings. The van der Waals surface area contributed by atoms with Crippen LogP contribution in [0, 0.1) is 12.3 Å². The van der Waals surface area contributed by atoms with Crippen molar-refractivity contribution in [2.75, 3.05) is 24.5 Å². The summed E-state index contributed by atoms with van der Waals surface area (Å²) >= 11 is 0. The van der Waals surface area contributed by atoms with E-state index in [1.165, 1.54) is 5.56 Å². The van der Waals surface area contributed by atoms with Gasteiger partial charge >= 0.3 is 0 Å². The van der Waals surface area contributed by atoms with Crippen LogP contribution in [-0.4, -0.2) is 24.6 Å². The molecule has 1 aromatic heterocycles. The van der Waals surface area contributed by atoms with Gasteiger partial charge in [0.25, 0.3) is 0 Å². The van der Waals surface area contributed by atoms with E-state index in [4.69, 9.17) is 4.98 Å². The van der Waals surface area contributed by atoms with Gasteiger partial charge in [0.1, 0.15) is 5.82 Å². The Morgan fingerprint density at radius 2 is 2.05 bits per heavy atom. The maximum absolute atomic E-state index is 4.79. The van der Waals surface area contributed by atoms with Gasteiger partial charge in [-0.2, -0.15) is 0 Å². The van der Waals surface area contributed by atoms with Crippen LogP contribution in [0.15, 0.2) is 23.8 Å². The van der Waals surface area contributed by atoms with Gasteiger partial charge in [0.15, 0.2) is 0 Å². The fraction of sp³-hybridized carbons (Fsp3) is 0.611. The summed E-state index contributed by atoms with van der Waals surface area (Å²) in [5.74, 6) is 1.11. The SMILES string of the molecule is CCNCc1ccc(N2CC=C(C(C)(C)C)CC2)nc1C. The normalized spacial score (nSPS) is 16.0. The molecule has 0 amide bonds. The Morgan fingerprint density at radius 3 is 2.57 bits per heavy atom. The molecule has 2 rings (SSSR count). The summed E-state index contributed by atoms with van der Waals surface area (Å²) in [7, 11) is 0. The third-order valence-electron chi connectivity index (χ3n) is 4.24. The average molecular weight is 287 g/mol. The third-order valence-corrected chi connectivity index (χ3v) is 4.24. The van der Waals surface area contributed by atoms with Gasteiger partial charge in [0.2, 0.25) is 0 Å². The fourth-order valence-corrected chi connectivity index (χ4v) is 2.76. The lowest BCUT2D eigenvalue weighted by atomic mass is 9.83. The van der Waals surface area contributed by atoms with Crippen LogP contribution in [0.1, 0.15) is 45.4 Å². The summed E-state index contributed by atoms with van der Waals surface area (Å²) < 4.78 is 0. The highest BCUT2D eigenvalue weighted by molar-refractivity contribution is 5.44. The van der Waals surface area contributed by atoms with Crippen LogP contribution >= 0.6 is 0 Å². The van der Waals surface area contributed by atoms with E-state index in [0.29, 0.717) is 5.41 Å². The van der Waals surface area contributed by atoms with Gasteiger partial charge in [-0.3, -0.25) is 0 Å². The molecule has 0 bridgehead atoms. The minimum atomic E-state index is 0.297. The van der Waals surface area contributed by atoms with E-state index in [1.54, 1.807) is 5.57 Å². The van der Waals surface area contributed by atoms with Crippen molar-refractivity contribution < 1.29 is 0 Å². The van der Waals surface area contributed by atoms with E-state index < -0.39 is 0 Å². The number of nitrogens with one attached hydrogen (secondary N) is 1. The zero-order valence-corrected chi connectivity index (χ0v) is 14.2. The van der Waals surface area contributed by atoms with Crippen molar-refractivity contribution in [3.63, 3.8) is 0 Å². The van der Waals surface area contributed by atoms with Crippen molar-refractivity contribution in [3.05, 3.63) is 35.0 Å². The number of aryl methyl sites for hydroxylation is 1. The van der Waals surface area contributed by atoms with Gasteiger partial charge in [-0.1, -0.05) is 45.4 Å². The summed E-state index contributed by atoms with van der Waals surface area (Å²) in [6, 6.07) is 4.37. The molecule has 0 atom stereocenters. The molecule has 1 aromatic rings. The van der Waals surface area contributed by atoms with Crippen LogP contribution in [0.3, 0.4) is 0 Å². The minimum Gasteiger partial charge on any atom is -0.353 e. The summed E-state index contributed by atoms with van der Waals surface area (Å²) in [6.07, 6.45) is 3.52. The highest BCUT2D eigenvalue weighted by Gasteiger charge is 2.21. The molecule has 1 N–H and O–H groups in total. The second-order valence-electron chi connectivity index (χ2n) is 6.87. The molecule has 0 aliphatic carbocycles. The Labute approximate surface area is 129 Å². The molecule has 3 heteroatoms. The molecule has 2 heterocycles. The lowest BCUT2D eigenvalue weighted by Crippen LogP contribution is -2.32. The molecule has 21 heavy (non-hydrogen) atoms. The zero-order chi connectivity index (χ0) is 15.5. The van der Waals surface area contributed by atoms with Gasteiger partial charge in [0.05, 0.1) is 0 Å². The van der Waals surface area contributed by atoms with Gasteiger partial charge < -0.3 is 10.2 Å². The maximum Gasteiger partial charge on any atom is 0.129 e. The first-order valence-electron chi connectivity index (χ1n) is 8.03. The Balaban J connectivity index is 2.07. The Hall–Kier alpha value is -1.35. The fourth-order valence-electron chi connectivity index (χ4n) is 2.76. The van der Waals surface area contributed by atoms with Gasteiger partial charge in [-0.15, -0.1) is 0 Å². The second kappa shape index (κ2) is 6.61. The molecule has 0 unspecified atom stereocenters. The minimum absolute atomic E-state index is 0.297. The van der Waals surface area contributed by atoms with Crippen molar-refractivity contribution in [3.8, 4) is 0 Å². The number of rotatable bonds is 4. The molecule has 0 spiro atoms. The maximum atomic E-state index is 4.79. The van der Waals surface area contributed by atoms with Gasteiger partial charge in [-0.05, 0) is 36.9 Å². The molecule has 0 fully saturated rings. The summed E-state index contributed by atoms with van der Waals surface area (Å²) in [5.41, 5.74) is 4.30. The first-order chi connectivity index (χ1) is 9.91. The molecule has 0 radical (unpaired) electrons. The van der Waals surface area contributed by atoms with Crippen molar-refractivity contribution in [1.29, 1.82) is 0 Å². The molecule has 3 nitrogen and oxygen atoms in total. The molecular weight excluding hydrogens is 258 g/mol. The summed E-state index contributed by atoms with van der Waals surface area (Å²) in [4.78, 5) is 7.17. The van der Waals surface area contributed by atoms with Gasteiger partial charge in [0, 0.05) is 25.3 Å². The quantitative estimate of drug-likeness (QED) is 0.856. The van der Waals surface area contributed by atoms with Crippen molar-refractivity contribution >= 4 is 5.82 Å². The molecule has 0 saturated heterocycles. The van der Waals surface area contributed by atoms with E-state index in [1.807, 2.05) is 0 Å². The number of nitrogens with zero attached hydrogens (tertiary/aromatic N) is 2. The number of anilines is 1. The summed E-state index contributed by atoms with van der Waals surface area (Å²) in [5, 5.41) is 3.36. The first kappa shape index (κ1) is 16.0. The van der Waals surface area contributed by atoms with Crippen LogP contribution in [0.5, 0.6) is 0 Å². The smallest absolute Gasteiger partial charge is 0.129 e. The third kappa shape index (κ3) is 4.07.